The first kappa shape index (κ1) is 44.1. The Balaban J connectivity index is 4.48. The quantitative estimate of drug-likeness (QED) is 0.0407. The number of hydrogen-bond donors (Lipinski definition) is 2. The molecule has 0 aliphatic heterocycles. The summed E-state index contributed by atoms with van der Waals surface area (Å²) < 4.78 is 0.210. The maximum absolute atomic E-state index is 12.0. The molecule has 0 aromatic heterocycles. The molecular weight excluding hydrogens is 578 g/mol. The molecule has 7 nitrogen and oxygen atoms in total. The van der Waals surface area contributed by atoms with Crippen LogP contribution in [0.15, 0.2) is 12.2 Å². The first-order valence-electron chi connectivity index (χ1n) is 19.3. The maximum atomic E-state index is 12.0. The van der Waals surface area contributed by atoms with Gasteiger partial charge in [-0.25, -0.2) is 0 Å². The van der Waals surface area contributed by atoms with E-state index in [1.54, 1.807) is 6.92 Å². The van der Waals surface area contributed by atoms with E-state index >= 15 is 0 Å². The number of carbonyl (C=O) groups excluding carboxylic acids is 1. The molecule has 0 saturated heterocycles. The standard InChI is InChI=1S/C39H73NO6/c1-5-9-10-11-12-13-14-15-16-17-18-19-20-21-22-23-24-25-26-27-28-29-30-40(31-34(6-2)37(41)42,32-35(7-3)38(43)44)33-36(8-4)39(45)46/h23-24,34-36H,5-22,25-33H2,1-4H3,(H2-,41,42,43,44,45,46)/b24-23+. The van der Waals surface area contributed by atoms with Crippen LogP contribution in [0, 0.1) is 17.8 Å². The molecule has 0 heterocycles. The van der Waals surface area contributed by atoms with Crippen molar-refractivity contribution in [1.29, 1.82) is 0 Å². The summed E-state index contributed by atoms with van der Waals surface area (Å²) in [6, 6.07) is 0. The summed E-state index contributed by atoms with van der Waals surface area (Å²) in [5, 5.41) is 31.6. The van der Waals surface area contributed by atoms with Crippen LogP contribution in [0.1, 0.15) is 175 Å². The van der Waals surface area contributed by atoms with Crippen molar-refractivity contribution >= 4 is 17.9 Å². The number of allylic oxidation sites excluding steroid dienone is 2. The molecule has 0 saturated carbocycles. The van der Waals surface area contributed by atoms with E-state index in [2.05, 4.69) is 19.1 Å². The van der Waals surface area contributed by atoms with Crippen LogP contribution in [0.4, 0.5) is 0 Å². The van der Waals surface area contributed by atoms with Gasteiger partial charge in [0, 0.05) is 5.92 Å². The summed E-state index contributed by atoms with van der Waals surface area (Å²) >= 11 is 0. The zero-order valence-corrected chi connectivity index (χ0v) is 30.5. The molecule has 0 aromatic carbocycles. The van der Waals surface area contributed by atoms with Crippen molar-refractivity contribution in [3.05, 3.63) is 12.2 Å². The lowest BCUT2D eigenvalue weighted by molar-refractivity contribution is -0.935. The van der Waals surface area contributed by atoms with E-state index < -0.39 is 35.7 Å². The number of unbranched alkanes of at least 4 members (excludes halogenated alkanes) is 18. The van der Waals surface area contributed by atoms with E-state index in [1.807, 2.05) is 13.8 Å². The van der Waals surface area contributed by atoms with E-state index in [1.165, 1.54) is 89.9 Å². The SMILES string of the molecule is CCCCCCCCCCCCCCCC/C=C/CCCCCC[N+](CC(CC)C(=O)[O-])(CC(CC)C(=O)O)CC(CC)C(=O)O. The Bertz CT molecular complexity index is 738. The minimum Gasteiger partial charge on any atom is -0.550 e. The number of aliphatic carboxylic acids is 3. The summed E-state index contributed by atoms with van der Waals surface area (Å²) in [6.07, 6.45) is 31.3. The molecule has 0 fully saturated rings. The molecule has 0 aliphatic carbocycles. The minimum absolute atomic E-state index is 0.210. The normalized spacial score (nSPS) is 15.0. The van der Waals surface area contributed by atoms with Gasteiger partial charge in [-0.15, -0.1) is 0 Å². The molecule has 0 amide bonds. The molecule has 2 N–H and O–H groups in total. The van der Waals surface area contributed by atoms with Crippen molar-refractivity contribution in [3.8, 4) is 0 Å². The zero-order chi connectivity index (χ0) is 34.5. The third kappa shape index (κ3) is 22.6. The van der Waals surface area contributed by atoms with Crippen molar-refractivity contribution in [3.63, 3.8) is 0 Å². The van der Waals surface area contributed by atoms with E-state index in [4.69, 9.17) is 0 Å². The molecule has 0 aromatic rings. The molecule has 0 spiro atoms. The molecule has 0 aliphatic rings. The van der Waals surface area contributed by atoms with Crippen molar-refractivity contribution in [2.24, 2.45) is 17.8 Å². The Labute approximate surface area is 283 Å². The third-order valence-electron chi connectivity index (χ3n) is 9.98. The average Bonchev–Trinajstić information content (AvgIpc) is 3.03. The molecule has 46 heavy (non-hydrogen) atoms. The highest BCUT2D eigenvalue weighted by Crippen LogP contribution is 2.25. The van der Waals surface area contributed by atoms with Crippen LogP contribution in [-0.2, 0) is 14.4 Å². The molecule has 0 radical (unpaired) electrons. The first-order valence-corrected chi connectivity index (χ1v) is 19.3. The van der Waals surface area contributed by atoms with Gasteiger partial charge in [0.25, 0.3) is 0 Å². The molecule has 3 atom stereocenters. The number of rotatable bonds is 34. The highest BCUT2D eigenvalue weighted by molar-refractivity contribution is 5.70. The van der Waals surface area contributed by atoms with Crippen molar-refractivity contribution in [2.75, 3.05) is 26.2 Å². The highest BCUT2D eigenvalue weighted by Gasteiger charge is 2.39. The van der Waals surface area contributed by atoms with E-state index in [-0.39, 0.29) is 24.1 Å². The predicted octanol–water partition coefficient (Wildman–Crippen LogP) is 9.18. The Morgan fingerprint density at radius 3 is 1.17 bits per heavy atom. The van der Waals surface area contributed by atoms with Crippen LogP contribution in [0.2, 0.25) is 0 Å². The van der Waals surface area contributed by atoms with Crippen molar-refractivity contribution in [2.45, 2.75) is 175 Å². The van der Waals surface area contributed by atoms with Gasteiger partial charge in [0.05, 0.1) is 32.1 Å². The molecule has 270 valence electrons. The van der Waals surface area contributed by atoms with E-state index in [0.717, 1.165) is 38.5 Å². The second-order valence-electron chi connectivity index (χ2n) is 14.0. The fourth-order valence-corrected chi connectivity index (χ4v) is 6.79. The van der Waals surface area contributed by atoms with Gasteiger partial charge in [0.1, 0.15) is 11.8 Å². The number of carboxylic acid groups (broad SMARTS) is 3. The topological polar surface area (TPSA) is 115 Å². The van der Waals surface area contributed by atoms with Gasteiger partial charge in [-0.3, -0.25) is 9.59 Å². The average molecular weight is 652 g/mol. The summed E-state index contributed by atoms with van der Waals surface area (Å²) in [6.45, 7) is 9.03. The largest absolute Gasteiger partial charge is 0.550 e. The molecule has 3 unspecified atom stereocenters. The number of hydrogen-bond acceptors (Lipinski definition) is 4. The Morgan fingerprint density at radius 1 is 0.522 bits per heavy atom. The van der Waals surface area contributed by atoms with Gasteiger partial charge >= 0.3 is 11.9 Å². The molecule has 0 bridgehead atoms. The van der Waals surface area contributed by atoms with Gasteiger partial charge in [0.15, 0.2) is 0 Å². The highest BCUT2D eigenvalue weighted by atomic mass is 16.4. The lowest BCUT2D eigenvalue weighted by Gasteiger charge is -2.44. The number of quaternary nitrogens is 1. The number of carboxylic acids is 3. The Kier molecular flexibility index (Phi) is 28.1. The minimum atomic E-state index is -1.14. The monoisotopic (exact) mass is 652 g/mol. The first-order chi connectivity index (χ1) is 22.2. The molecular formula is C39H73NO6. The zero-order valence-electron chi connectivity index (χ0n) is 30.5. The van der Waals surface area contributed by atoms with Crippen LogP contribution < -0.4 is 5.11 Å². The lowest BCUT2D eigenvalue weighted by atomic mass is 9.95. The number of nitrogens with zero attached hydrogens (tertiary/aromatic N) is 1. The van der Waals surface area contributed by atoms with E-state index in [0.29, 0.717) is 25.8 Å². The van der Waals surface area contributed by atoms with Crippen LogP contribution in [0.3, 0.4) is 0 Å². The number of carbonyl (C=O) groups is 3. The maximum Gasteiger partial charge on any atom is 0.312 e. The summed E-state index contributed by atoms with van der Waals surface area (Å²) in [5.74, 6) is -4.97. The van der Waals surface area contributed by atoms with Crippen LogP contribution in [0.5, 0.6) is 0 Å². The van der Waals surface area contributed by atoms with Gasteiger partial charge < -0.3 is 24.6 Å². The van der Waals surface area contributed by atoms with Crippen molar-refractivity contribution < 1.29 is 34.2 Å². The van der Waals surface area contributed by atoms with Crippen LogP contribution in [0.25, 0.3) is 0 Å². The van der Waals surface area contributed by atoms with Gasteiger partial charge in [-0.05, 0) is 57.8 Å². The Hall–Kier alpha value is -1.89. The second kappa shape index (κ2) is 29.3. The summed E-state index contributed by atoms with van der Waals surface area (Å²) in [4.78, 5) is 35.9. The lowest BCUT2D eigenvalue weighted by Crippen LogP contribution is -2.59. The molecule has 0 rings (SSSR count). The van der Waals surface area contributed by atoms with Gasteiger partial charge in [-0.2, -0.15) is 0 Å². The summed E-state index contributed by atoms with van der Waals surface area (Å²) in [5.41, 5.74) is 0. The van der Waals surface area contributed by atoms with Crippen molar-refractivity contribution in [1.82, 2.24) is 0 Å². The van der Waals surface area contributed by atoms with Gasteiger partial charge in [0.2, 0.25) is 0 Å². The smallest absolute Gasteiger partial charge is 0.312 e. The Morgan fingerprint density at radius 2 is 0.848 bits per heavy atom. The predicted molar refractivity (Wildman–Crippen MR) is 189 cm³/mol. The molecule has 7 heteroatoms. The van der Waals surface area contributed by atoms with Gasteiger partial charge in [-0.1, -0.05) is 130 Å². The van der Waals surface area contributed by atoms with Crippen LogP contribution in [-0.4, -0.2) is 58.8 Å². The third-order valence-corrected chi connectivity index (χ3v) is 9.98. The fourth-order valence-electron chi connectivity index (χ4n) is 6.79. The fraction of sp³-hybridized carbons (Fsp3) is 0.872. The summed E-state index contributed by atoms with van der Waals surface area (Å²) in [7, 11) is 0. The second-order valence-corrected chi connectivity index (χ2v) is 14.0. The van der Waals surface area contributed by atoms with E-state index in [9.17, 15) is 29.7 Å². The van der Waals surface area contributed by atoms with Crippen LogP contribution >= 0.6 is 0 Å².